The molecule has 13 heavy (non-hydrogen) atoms. The maximum absolute atomic E-state index is 10.9. The lowest BCUT2D eigenvalue weighted by Crippen LogP contribution is -2.28. The molecule has 0 bridgehead atoms. The quantitative estimate of drug-likeness (QED) is 0.488. The van der Waals surface area contributed by atoms with E-state index >= 15 is 0 Å². The lowest BCUT2D eigenvalue weighted by atomic mass is 10.0. The summed E-state index contributed by atoms with van der Waals surface area (Å²) in [6.07, 6.45) is 4.91. The summed E-state index contributed by atoms with van der Waals surface area (Å²) in [5.41, 5.74) is -1.48. The second-order valence-electron chi connectivity index (χ2n) is 3.64. The van der Waals surface area contributed by atoms with Gasteiger partial charge in [0, 0.05) is 0 Å². The average molecular weight is 182 g/mol. The van der Waals surface area contributed by atoms with Crippen LogP contribution >= 0.6 is 0 Å². The van der Waals surface area contributed by atoms with Crippen molar-refractivity contribution >= 4 is 11.9 Å². The maximum atomic E-state index is 10.9. The number of aliphatic carboxylic acids is 2. The Labute approximate surface area is 74.9 Å². The Morgan fingerprint density at radius 2 is 1.46 bits per heavy atom. The number of hydrogen-bond acceptors (Lipinski definition) is 2. The first-order valence-corrected chi connectivity index (χ1v) is 4.23. The molecule has 0 aromatic carbocycles. The second-order valence-corrected chi connectivity index (χ2v) is 3.64. The molecule has 4 nitrogen and oxygen atoms in total. The van der Waals surface area contributed by atoms with Gasteiger partial charge in [-0.2, -0.15) is 0 Å². The molecule has 1 saturated carbocycles. The second kappa shape index (κ2) is 2.34. The van der Waals surface area contributed by atoms with E-state index in [4.69, 9.17) is 10.2 Å². The van der Waals surface area contributed by atoms with E-state index < -0.39 is 17.4 Å². The van der Waals surface area contributed by atoms with Gasteiger partial charge in [-0.05, 0) is 24.7 Å². The predicted molar refractivity (Wildman–Crippen MR) is 43.1 cm³/mol. The van der Waals surface area contributed by atoms with Crippen LogP contribution in [0.3, 0.4) is 0 Å². The molecule has 2 rings (SSSR count). The minimum absolute atomic E-state index is 0.188. The molecule has 0 aromatic rings. The van der Waals surface area contributed by atoms with Gasteiger partial charge in [0.15, 0.2) is 5.41 Å². The maximum Gasteiger partial charge on any atom is 0.321 e. The standard InChI is InChI=1S/C9H10O4/c10-7(11)9(8(12)13)5-3-1-2-4-6(5)9/h1-2,5-6H,3-4H2,(H,10,11)(H,12,13). The van der Waals surface area contributed by atoms with Gasteiger partial charge in [-0.3, -0.25) is 9.59 Å². The molecule has 2 atom stereocenters. The van der Waals surface area contributed by atoms with Crippen LogP contribution in [0.4, 0.5) is 0 Å². The first-order chi connectivity index (χ1) is 6.11. The third kappa shape index (κ3) is 0.802. The molecule has 0 aromatic heterocycles. The molecule has 2 aliphatic carbocycles. The third-order valence-electron chi connectivity index (χ3n) is 3.20. The summed E-state index contributed by atoms with van der Waals surface area (Å²) in [5.74, 6) is -2.74. The highest BCUT2D eigenvalue weighted by Gasteiger charge is 2.74. The van der Waals surface area contributed by atoms with E-state index in [1.54, 1.807) is 0 Å². The minimum atomic E-state index is -1.48. The number of hydrogen-bond donors (Lipinski definition) is 2. The van der Waals surface area contributed by atoms with Crippen molar-refractivity contribution in [3.63, 3.8) is 0 Å². The van der Waals surface area contributed by atoms with Crippen molar-refractivity contribution in [1.82, 2.24) is 0 Å². The Kier molecular flexibility index (Phi) is 1.49. The van der Waals surface area contributed by atoms with E-state index in [0.717, 1.165) is 0 Å². The molecular formula is C9H10O4. The van der Waals surface area contributed by atoms with Crippen LogP contribution in [0, 0.1) is 17.3 Å². The summed E-state index contributed by atoms with van der Waals surface area (Å²) < 4.78 is 0. The van der Waals surface area contributed by atoms with Crippen LogP contribution in [0.2, 0.25) is 0 Å². The lowest BCUT2D eigenvalue weighted by molar-refractivity contribution is -0.158. The van der Waals surface area contributed by atoms with Crippen molar-refractivity contribution in [2.45, 2.75) is 12.8 Å². The number of carboxylic acid groups (broad SMARTS) is 2. The Hall–Kier alpha value is -1.32. The topological polar surface area (TPSA) is 74.6 Å². The van der Waals surface area contributed by atoms with Crippen LogP contribution < -0.4 is 0 Å². The smallest absolute Gasteiger partial charge is 0.321 e. The molecule has 0 amide bonds. The lowest BCUT2D eigenvalue weighted by Gasteiger charge is -2.04. The molecule has 0 heterocycles. The van der Waals surface area contributed by atoms with Crippen LogP contribution in [0.25, 0.3) is 0 Å². The zero-order valence-corrected chi connectivity index (χ0v) is 6.93. The van der Waals surface area contributed by atoms with Crippen LogP contribution in [-0.4, -0.2) is 22.2 Å². The van der Waals surface area contributed by atoms with Crippen molar-refractivity contribution in [2.75, 3.05) is 0 Å². The van der Waals surface area contributed by atoms with Crippen molar-refractivity contribution in [3.05, 3.63) is 12.2 Å². The van der Waals surface area contributed by atoms with E-state index in [1.807, 2.05) is 12.2 Å². The van der Waals surface area contributed by atoms with Crippen molar-refractivity contribution in [2.24, 2.45) is 17.3 Å². The molecule has 2 aliphatic rings. The van der Waals surface area contributed by atoms with Crippen molar-refractivity contribution < 1.29 is 19.8 Å². The van der Waals surface area contributed by atoms with Crippen LogP contribution in [0.1, 0.15) is 12.8 Å². The highest BCUT2D eigenvalue weighted by Crippen LogP contribution is 2.64. The van der Waals surface area contributed by atoms with Crippen molar-refractivity contribution in [1.29, 1.82) is 0 Å². The molecule has 2 N–H and O–H groups in total. The first-order valence-electron chi connectivity index (χ1n) is 4.23. The fourth-order valence-electron chi connectivity index (χ4n) is 2.45. The van der Waals surface area contributed by atoms with Gasteiger partial charge in [0.2, 0.25) is 0 Å². The number of carboxylic acids is 2. The predicted octanol–water partition coefficient (Wildman–Crippen LogP) is 0.738. The summed E-state index contributed by atoms with van der Waals surface area (Å²) in [6.45, 7) is 0. The zero-order valence-electron chi connectivity index (χ0n) is 6.93. The summed E-state index contributed by atoms with van der Waals surface area (Å²) >= 11 is 0. The molecule has 0 spiro atoms. The van der Waals surface area contributed by atoms with E-state index in [9.17, 15) is 9.59 Å². The van der Waals surface area contributed by atoms with E-state index in [-0.39, 0.29) is 11.8 Å². The number of fused-ring (bicyclic) bond motifs is 1. The molecule has 0 aliphatic heterocycles. The van der Waals surface area contributed by atoms with Gasteiger partial charge in [-0.25, -0.2) is 0 Å². The van der Waals surface area contributed by atoms with E-state index in [1.165, 1.54) is 0 Å². The minimum Gasteiger partial charge on any atom is -0.480 e. The summed E-state index contributed by atoms with van der Waals surface area (Å²) in [4.78, 5) is 21.8. The first kappa shape index (κ1) is 8.29. The molecule has 1 fully saturated rings. The Bertz CT molecular complexity index is 275. The van der Waals surface area contributed by atoms with E-state index in [0.29, 0.717) is 12.8 Å². The van der Waals surface area contributed by atoms with Gasteiger partial charge in [-0.1, -0.05) is 12.2 Å². The highest BCUT2D eigenvalue weighted by molar-refractivity contribution is 6.03. The summed E-state index contributed by atoms with van der Waals surface area (Å²) in [6, 6.07) is 0. The van der Waals surface area contributed by atoms with Crippen molar-refractivity contribution in [3.8, 4) is 0 Å². The SMILES string of the molecule is O=C(O)C1(C(=O)O)C2CC=CCC21. The monoisotopic (exact) mass is 182 g/mol. The highest BCUT2D eigenvalue weighted by atomic mass is 16.4. The Balaban J connectivity index is 2.31. The molecule has 70 valence electrons. The number of allylic oxidation sites excluding steroid dienone is 2. The molecular weight excluding hydrogens is 172 g/mol. The fourth-order valence-corrected chi connectivity index (χ4v) is 2.45. The van der Waals surface area contributed by atoms with Gasteiger partial charge in [-0.15, -0.1) is 0 Å². The van der Waals surface area contributed by atoms with Gasteiger partial charge >= 0.3 is 11.9 Å². The average Bonchev–Trinajstić information content (AvgIpc) is 2.73. The van der Waals surface area contributed by atoms with Crippen LogP contribution in [-0.2, 0) is 9.59 Å². The zero-order chi connectivity index (χ0) is 9.64. The Morgan fingerprint density at radius 3 is 1.77 bits per heavy atom. The molecule has 2 unspecified atom stereocenters. The normalized spacial score (nSPS) is 33.5. The third-order valence-corrected chi connectivity index (χ3v) is 3.20. The molecule has 4 heteroatoms. The number of carbonyl (C=O) groups is 2. The summed E-state index contributed by atoms with van der Waals surface area (Å²) in [5, 5.41) is 17.8. The molecule has 0 radical (unpaired) electrons. The Morgan fingerprint density at radius 1 is 1.08 bits per heavy atom. The van der Waals surface area contributed by atoms with Gasteiger partial charge < -0.3 is 10.2 Å². The largest absolute Gasteiger partial charge is 0.480 e. The van der Waals surface area contributed by atoms with Crippen LogP contribution in [0.15, 0.2) is 12.2 Å². The van der Waals surface area contributed by atoms with Gasteiger partial charge in [0.1, 0.15) is 0 Å². The van der Waals surface area contributed by atoms with E-state index in [2.05, 4.69) is 0 Å². The number of rotatable bonds is 2. The van der Waals surface area contributed by atoms with Gasteiger partial charge in [0.25, 0.3) is 0 Å². The van der Waals surface area contributed by atoms with Crippen LogP contribution in [0.5, 0.6) is 0 Å². The van der Waals surface area contributed by atoms with Gasteiger partial charge in [0.05, 0.1) is 0 Å². The summed E-state index contributed by atoms with van der Waals surface area (Å²) in [7, 11) is 0. The molecule has 0 saturated heterocycles. The fraction of sp³-hybridized carbons (Fsp3) is 0.556.